The van der Waals surface area contributed by atoms with Crippen molar-refractivity contribution in [2.45, 2.75) is 0 Å². The minimum atomic E-state index is -1.16. The number of carboxylic acid groups (broad SMARTS) is 1. The van der Waals surface area contributed by atoms with E-state index in [1.54, 1.807) is 0 Å². The van der Waals surface area contributed by atoms with Gasteiger partial charge in [-0.25, -0.2) is 10.2 Å². The molecule has 0 saturated heterocycles. The Labute approximate surface area is 67.2 Å². The largest absolute Gasteiger partial charge is 0.464 e. The Balaban J connectivity index is 2.43. The van der Waals surface area contributed by atoms with Crippen LogP contribution >= 0.6 is 11.3 Å². The van der Waals surface area contributed by atoms with Crippen molar-refractivity contribution in [2.24, 2.45) is 5.10 Å². The van der Waals surface area contributed by atoms with Crippen molar-refractivity contribution in [2.75, 3.05) is 0 Å². The van der Waals surface area contributed by atoms with Gasteiger partial charge < -0.3 is 5.11 Å². The van der Waals surface area contributed by atoms with Crippen LogP contribution in [0.5, 0.6) is 0 Å². The van der Waals surface area contributed by atoms with E-state index >= 15 is 0 Å². The van der Waals surface area contributed by atoms with Gasteiger partial charge in [0.05, 0.1) is 6.21 Å². The molecule has 1 heterocycles. The molecule has 0 aromatic carbocycles. The molecule has 4 nitrogen and oxygen atoms in total. The number of nitrogens with one attached hydrogen (secondary N) is 1. The lowest BCUT2D eigenvalue weighted by Crippen LogP contribution is -2.13. The summed E-state index contributed by atoms with van der Waals surface area (Å²) < 4.78 is 0. The maximum Gasteiger partial charge on any atom is 0.425 e. The van der Waals surface area contributed by atoms with Gasteiger partial charge in [0.25, 0.3) is 0 Å². The number of nitrogens with zero attached hydrogens (tertiary/aromatic N) is 1. The average Bonchev–Trinajstić information content (AvgIpc) is 2.39. The monoisotopic (exact) mass is 170 g/mol. The van der Waals surface area contributed by atoms with Crippen molar-refractivity contribution in [3.63, 3.8) is 0 Å². The predicted molar refractivity (Wildman–Crippen MR) is 43.1 cm³/mol. The fourth-order valence-electron chi connectivity index (χ4n) is 0.510. The fourth-order valence-corrected chi connectivity index (χ4v) is 1.12. The molecule has 0 bridgehead atoms. The number of hydrazone groups is 1. The van der Waals surface area contributed by atoms with Crippen LogP contribution in [0.2, 0.25) is 0 Å². The Morgan fingerprint density at radius 2 is 2.64 bits per heavy atom. The van der Waals surface area contributed by atoms with Gasteiger partial charge in [-0.3, -0.25) is 0 Å². The molecule has 11 heavy (non-hydrogen) atoms. The molecule has 58 valence electrons. The van der Waals surface area contributed by atoms with Gasteiger partial charge in [-0.15, -0.1) is 0 Å². The third-order valence-corrected chi connectivity index (χ3v) is 1.62. The van der Waals surface area contributed by atoms with Crippen LogP contribution < -0.4 is 5.43 Å². The molecule has 1 aromatic rings. The Bertz CT molecular complexity index is 256. The van der Waals surface area contributed by atoms with E-state index in [0.717, 1.165) is 5.56 Å². The van der Waals surface area contributed by atoms with Crippen molar-refractivity contribution in [1.82, 2.24) is 5.43 Å². The van der Waals surface area contributed by atoms with E-state index in [0.29, 0.717) is 0 Å². The molecule has 1 rings (SSSR count). The van der Waals surface area contributed by atoms with Gasteiger partial charge in [0.15, 0.2) is 0 Å². The average molecular weight is 170 g/mol. The summed E-state index contributed by atoms with van der Waals surface area (Å²) in [6, 6.07) is 1.84. The molecule has 0 aliphatic heterocycles. The Hall–Kier alpha value is -1.36. The van der Waals surface area contributed by atoms with Gasteiger partial charge in [-0.2, -0.15) is 16.4 Å². The van der Waals surface area contributed by atoms with Crippen molar-refractivity contribution >= 4 is 23.6 Å². The molecular weight excluding hydrogens is 164 g/mol. The molecule has 1 amide bonds. The van der Waals surface area contributed by atoms with Crippen LogP contribution in [0.25, 0.3) is 0 Å². The number of rotatable bonds is 2. The Kier molecular flexibility index (Phi) is 2.62. The lowest BCUT2D eigenvalue weighted by Gasteiger charge is -1.86. The first kappa shape index (κ1) is 7.74. The molecule has 1 aromatic heterocycles. The second kappa shape index (κ2) is 3.72. The van der Waals surface area contributed by atoms with Crippen LogP contribution in [0, 0.1) is 0 Å². The van der Waals surface area contributed by atoms with Gasteiger partial charge in [-0.1, -0.05) is 0 Å². The topological polar surface area (TPSA) is 61.7 Å². The third-order valence-electron chi connectivity index (χ3n) is 0.917. The lowest BCUT2D eigenvalue weighted by atomic mass is 10.4. The molecule has 5 heteroatoms. The van der Waals surface area contributed by atoms with Crippen LogP contribution in [0.3, 0.4) is 0 Å². The lowest BCUT2D eigenvalue weighted by molar-refractivity contribution is 0.195. The zero-order valence-electron chi connectivity index (χ0n) is 5.52. The van der Waals surface area contributed by atoms with Crippen LogP contribution in [0.1, 0.15) is 5.56 Å². The van der Waals surface area contributed by atoms with E-state index in [4.69, 9.17) is 5.11 Å². The Morgan fingerprint density at radius 1 is 1.82 bits per heavy atom. The van der Waals surface area contributed by atoms with Gasteiger partial charge in [-0.05, 0) is 16.8 Å². The molecule has 0 atom stereocenters. The maximum atomic E-state index is 9.91. The summed E-state index contributed by atoms with van der Waals surface area (Å²) in [4.78, 5) is 9.91. The summed E-state index contributed by atoms with van der Waals surface area (Å²) in [5, 5.41) is 15.3. The van der Waals surface area contributed by atoms with Gasteiger partial charge in [0.1, 0.15) is 0 Å². The number of hydrogen-bond donors (Lipinski definition) is 2. The van der Waals surface area contributed by atoms with Crippen LogP contribution in [-0.4, -0.2) is 17.4 Å². The SMILES string of the molecule is O=C(O)N/N=C/c1ccsc1. The first-order chi connectivity index (χ1) is 5.29. The molecule has 0 unspecified atom stereocenters. The highest BCUT2D eigenvalue weighted by Crippen LogP contribution is 2.01. The van der Waals surface area contributed by atoms with Gasteiger partial charge >= 0.3 is 6.09 Å². The first-order valence-electron chi connectivity index (χ1n) is 2.83. The summed E-state index contributed by atoms with van der Waals surface area (Å²) in [6.45, 7) is 0. The van der Waals surface area contributed by atoms with Crippen molar-refractivity contribution in [1.29, 1.82) is 0 Å². The second-order valence-corrected chi connectivity index (χ2v) is 2.51. The van der Waals surface area contributed by atoms with Gasteiger partial charge in [0.2, 0.25) is 0 Å². The zero-order valence-corrected chi connectivity index (χ0v) is 6.34. The summed E-state index contributed by atoms with van der Waals surface area (Å²) in [6.07, 6.45) is 0.293. The Morgan fingerprint density at radius 3 is 3.18 bits per heavy atom. The van der Waals surface area contributed by atoms with Crippen LogP contribution in [0.15, 0.2) is 21.9 Å². The van der Waals surface area contributed by atoms with Crippen molar-refractivity contribution < 1.29 is 9.90 Å². The number of thiophene rings is 1. The third kappa shape index (κ3) is 2.81. The van der Waals surface area contributed by atoms with E-state index in [9.17, 15) is 4.79 Å². The summed E-state index contributed by atoms with van der Waals surface area (Å²) in [7, 11) is 0. The first-order valence-corrected chi connectivity index (χ1v) is 3.77. The van der Waals surface area contributed by atoms with E-state index in [2.05, 4.69) is 5.10 Å². The van der Waals surface area contributed by atoms with E-state index in [1.807, 2.05) is 22.3 Å². The summed E-state index contributed by atoms with van der Waals surface area (Å²) in [5.41, 5.74) is 2.77. The molecule has 0 fully saturated rings. The molecule has 0 spiro atoms. The molecule has 0 saturated carbocycles. The predicted octanol–water partition coefficient (Wildman–Crippen LogP) is 1.35. The highest BCUT2D eigenvalue weighted by Gasteiger charge is 1.88. The normalized spacial score (nSPS) is 10.2. The van der Waals surface area contributed by atoms with Crippen molar-refractivity contribution in [3.8, 4) is 0 Å². The number of amides is 1. The van der Waals surface area contributed by atoms with E-state index in [1.165, 1.54) is 17.6 Å². The van der Waals surface area contributed by atoms with Gasteiger partial charge in [0, 0.05) is 5.56 Å². The molecule has 0 aliphatic rings. The molecular formula is C6H6N2O2S. The standard InChI is InChI=1S/C6H6N2O2S/c9-6(10)8-7-3-5-1-2-11-4-5/h1-4,8H,(H,9,10)/b7-3+. The quantitative estimate of drug-likeness (QED) is 0.519. The smallest absolute Gasteiger partial charge is 0.425 e. The van der Waals surface area contributed by atoms with E-state index in [-0.39, 0.29) is 0 Å². The highest BCUT2D eigenvalue weighted by molar-refractivity contribution is 7.08. The summed E-state index contributed by atoms with van der Waals surface area (Å²) in [5.74, 6) is 0. The maximum absolute atomic E-state index is 9.91. The molecule has 0 aliphatic carbocycles. The van der Waals surface area contributed by atoms with Crippen molar-refractivity contribution in [3.05, 3.63) is 22.4 Å². The minimum Gasteiger partial charge on any atom is -0.464 e. The fraction of sp³-hybridized carbons (Fsp3) is 0. The number of hydrogen-bond acceptors (Lipinski definition) is 3. The van der Waals surface area contributed by atoms with E-state index < -0.39 is 6.09 Å². The second-order valence-electron chi connectivity index (χ2n) is 1.73. The number of carbonyl (C=O) groups is 1. The summed E-state index contributed by atoms with van der Waals surface area (Å²) >= 11 is 1.53. The molecule has 2 N–H and O–H groups in total. The highest BCUT2D eigenvalue weighted by atomic mass is 32.1. The van der Waals surface area contributed by atoms with Crippen LogP contribution in [-0.2, 0) is 0 Å². The minimum absolute atomic E-state index is 0.892. The molecule has 0 radical (unpaired) electrons. The van der Waals surface area contributed by atoms with Crippen LogP contribution in [0.4, 0.5) is 4.79 Å². The zero-order chi connectivity index (χ0) is 8.10.